The average molecular weight is 334 g/mol. The Morgan fingerprint density at radius 3 is 2.29 bits per heavy atom. The van der Waals surface area contributed by atoms with Crippen molar-refractivity contribution in [1.82, 2.24) is 0 Å². The zero-order valence-corrected chi connectivity index (χ0v) is 12.8. The van der Waals surface area contributed by atoms with E-state index in [2.05, 4.69) is 14.2 Å². The minimum Gasteiger partial charge on any atom is -0.398 e. The predicted octanol–water partition coefficient (Wildman–Crippen LogP) is 1.04. The molecule has 0 bridgehead atoms. The van der Waals surface area contributed by atoms with E-state index in [1.54, 1.807) is 19.1 Å². The first-order valence-corrected chi connectivity index (χ1v) is 7.37. The first-order valence-electron chi connectivity index (χ1n) is 5.58. The van der Waals surface area contributed by atoms with Crippen molar-refractivity contribution in [2.24, 2.45) is 5.16 Å². The van der Waals surface area contributed by atoms with Crippen LogP contribution in [-0.4, -0.2) is 38.9 Å². The summed E-state index contributed by atoms with van der Waals surface area (Å²) in [6.45, 7) is 0.886. The van der Waals surface area contributed by atoms with Crippen molar-refractivity contribution in [3.05, 3.63) is 29.8 Å². The molecule has 1 aromatic carbocycles. The minimum atomic E-state index is -4.12. The van der Waals surface area contributed by atoms with E-state index in [0.717, 1.165) is 12.7 Å². The third-order valence-corrected chi connectivity index (χ3v) is 3.74. The number of nitrogens with zero attached hydrogens (tertiary/aromatic N) is 1. The highest BCUT2D eigenvalue weighted by atomic mass is 35.5. The third kappa shape index (κ3) is 4.92. The Balaban J connectivity index is 2.82. The highest BCUT2D eigenvalue weighted by molar-refractivity contribution is 7.86. The Bertz CT molecular complexity index is 665. The molecule has 1 aromatic rings. The Morgan fingerprint density at radius 1 is 1.24 bits per heavy atom. The van der Waals surface area contributed by atoms with Gasteiger partial charge in [0.25, 0.3) is 15.4 Å². The van der Waals surface area contributed by atoms with Crippen molar-refractivity contribution in [1.29, 1.82) is 0 Å². The van der Waals surface area contributed by atoms with E-state index in [9.17, 15) is 18.0 Å². The maximum atomic E-state index is 11.8. The van der Waals surface area contributed by atoms with Crippen molar-refractivity contribution in [3.63, 3.8) is 0 Å². The molecule has 114 valence electrons. The molecule has 0 fully saturated rings. The number of ketones is 1. The SMILES string of the molecule is CO/N=C(\C(=O)Cl)C(=O)COS(=O)(=O)c1ccc(C)cc1. The highest BCUT2D eigenvalue weighted by Crippen LogP contribution is 2.13. The number of benzene rings is 1. The van der Waals surface area contributed by atoms with Crippen LogP contribution in [0.25, 0.3) is 0 Å². The Kier molecular flexibility index (Phi) is 6.01. The van der Waals surface area contributed by atoms with Crippen molar-refractivity contribution >= 4 is 38.5 Å². The number of hydrogen-bond acceptors (Lipinski definition) is 7. The lowest BCUT2D eigenvalue weighted by molar-refractivity contribution is -0.116. The topological polar surface area (TPSA) is 99.1 Å². The summed E-state index contributed by atoms with van der Waals surface area (Å²) in [6, 6.07) is 5.84. The van der Waals surface area contributed by atoms with Gasteiger partial charge in [0.05, 0.1) is 4.90 Å². The number of aryl methyl sites for hydroxylation is 1. The van der Waals surface area contributed by atoms with Gasteiger partial charge in [-0.3, -0.25) is 13.8 Å². The molecule has 0 saturated carbocycles. The molecule has 0 spiro atoms. The Hall–Kier alpha value is -1.77. The van der Waals surface area contributed by atoms with Crippen molar-refractivity contribution in [2.45, 2.75) is 11.8 Å². The van der Waals surface area contributed by atoms with E-state index in [-0.39, 0.29) is 4.90 Å². The van der Waals surface area contributed by atoms with Gasteiger partial charge in [-0.25, -0.2) is 0 Å². The largest absolute Gasteiger partial charge is 0.398 e. The second kappa shape index (κ2) is 7.30. The molecule has 0 aliphatic heterocycles. The maximum Gasteiger partial charge on any atom is 0.297 e. The van der Waals surface area contributed by atoms with Gasteiger partial charge in [-0.1, -0.05) is 22.9 Å². The standard InChI is InChI=1S/C12H12ClNO6S/c1-8-3-5-9(6-4-8)21(17,18)20-7-10(15)11(12(13)16)14-19-2/h3-6H,7H2,1-2H3/b14-11-. The lowest BCUT2D eigenvalue weighted by atomic mass is 10.2. The smallest absolute Gasteiger partial charge is 0.297 e. The molecule has 0 heterocycles. The second-order valence-electron chi connectivity index (χ2n) is 3.85. The quantitative estimate of drug-likeness (QED) is 0.243. The number of rotatable bonds is 7. The normalized spacial score (nSPS) is 12.0. The van der Waals surface area contributed by atoms with E-state index in [1.165, 1.54) is 12.1 Å². The van der Waals surface area contributed by atoms with Crippen LogP contribution in [0.3, 0.4) is 0 Å². The van der Waals surface area contributed by atoms with Crippen LogP contribution in [0.1, 0.15) is 5.56 Å². The van der Waals surface area contributed by atoms with Crippen LogP contribution in [0.15, 0.2) is 34.3 Å². The van der Waals surface area contributed by atoms with Gasteiger partial charge >= 0.3 is 0 Å². The second-order valence-corrected chi connectivity index (χ2v) is 5.81. The van der Waals surface area contributed by atoms with Crippen LogP contribution in [0.2, 0.25) is 0 Å². The van der Waals surface area contributed by atoms with Gasteiger partial charge in [0, 0.05) is 0 Å². The molecule has 9 heteroatoms. The summed E-state index contributed by atoms with van der Waals surface area (Å²) >= 11 is 5.13. The predicted molar refractivity (Wildman–Crippen MR) is 74.6 cm³/mol. The van der Waals surface area contributed by atoms with E-state index in [0.29, 0.717) is 0 Å². The first kappa shape index (κ1) is 17.3. The molecular formula is C12H12ClNO6S. The number of Topliss-reactive ketones (excluding diaryl/α,β-unsaturated/α-hetero) is 1. The van der Waals surface area contributed by atoms with Crippen LogP contribution in [0.4, 0.5) is 0 Å². The maximum absolute atomic E-state index is 11.8. The van der Waals surface area contributed by atoms with Gasteiger partial charge in [0.15, 0.2) is 0 Å². The highest BCUT2D eigenvalue weighted by Gasteiger charge is 2.23. The molecule has 0 aliphatic carbocycles. The molecule has 0 aromatic heterocycles. The molecule has 21 heavy (non-hydrogen) atoms. The van der Waals surface area contributed by atoms with E-state index in [1.807, 2.05) is 0 Å². The summed E-state index contributed by atoms with van der Waals surface area (Å²) in [5.74, 6) is -1.01. The van der Waals surface area contributed by atoms with Gasteiger partial charge in [0.2, 0.25) is 11.5 Å². The van der Waals surface area contributed by atoms with Crippen molar-refractivity contribution in [2.75, 3.05) is 13.7 Å². The van der Waals surface area contributed by atoms with E-state index >= 15 is 0 Å². The molecule has 1 rings (SSSR count). The van der Waals surface area contributed by atoms with Crippen molar-refractivity contribution in [3.8, 4) is 0 Å². The molecule has 0 radical (unpaired) electrons. The van der Waals surface area contributed by atoms with Gasteiger partial charge in [-0.05, 0) is 30.7 Å². The average Bonchev–Trinajstić information content (AvgIpc) is 2.42. The van der Waals surface area contributed by atoms with Crippen LogP contribution >= 0.6 is 11.6 Å². The number of carbonyl (C=O) groups excluding carboxylic acids is 2. The lowest BCUT2D eigenvalue weighted by Crippen LogP contribution is -2.26. The van der Waals surface area contributed by atoms with Crippen LogP contribution in [0.5, 0.6) is 0 Å². The van der Waals surface area contributed by atoms with Gasteiger partial charge in [0.1, 0.15) is 13.7 Å². The third-order valence-electron chi connectivity index (χ3n) is 2.29. The summed E-state index contributed by atoms with van der Waals surface area (Å²) in [4.78, 5) is 26.7. The monoisotopic (exact) mass is 333 g/mol. The zero-order valence-electron chi connectivity index (χ0n) is 11.2. The molecule has 0 saturated heterocycles. The van der Waals surface area contributed by atoms with Crippen LogP contribution < -0.4 is 0 Å². The summed E-state index contributed by atoms with van der Waals surface area (Å²) in [5.41, 5.74) is 0.130. The number of oxime groups is 1. The van der Waals surface area contributed by atoms with Crippen molar-refractivity contribution < 1.29 is 27.0 Å². The van der Waals surface area contributed by atoms with Gasteiger partial charge < -0.3 is 4.84 Å². The van der Waals surface area contributed by atoms with Crippen LogP contribution in [-0.2, 0) is 28.7 Å². The van der Waals surface area contributed by atoms with E-state index < -0.39 is 33.5 Å². The summed E-state index contributed by atoms with van der Waals surface area (Å²) < 4.78 is 28.2. The molecule has 0 unspecified atom stereocenters. The van der Waals surface area contributed by atoms with E-state index in [4.69, 9.17) is 11.6 Å². The van der Waals surface area contributed by atoms with Gasteiger partial charge in [-0.15, -0.1) is 0 Å². The number of carbonyl (C=O) groups is 2. The summed E-state index contributed by atoms with van der Waals surface area (Å²) in [5, 5.41) is 1.95. The number of halogens is 1. The molecular weight excluding hydrogens is 322 g/mol. The van der Waals surface area contributed by atoms with Crippen LogP contribution in [0, 0.1) is 6.92 Å². The first-order chi connectivity index (χ1) is 9.77. The minimum absolute atomic E-state index is 0.108. The molecule has 0 atom stereocenters. The number of hydrogen-bond donors (Lipinski definition) is 0. The molecule has 0 amide bonds. The lowest BCUT2D eigenvalue weighted by Gasteiger charge is -2.05. The summed E-state index contributed by atoms with van der Waals surface area (Å²) in [6.07, 6.45) is 0. The fourth-order valence-corrected chi connectivity index (χ4v) is 2.27. The molecule has 0 N–H and O–H groups in total. The molecule has 0 aliphatic rings. The fraction of sp³-hybridized carbons (Fsp3) is 0.250. The fourth-order valence-electron chi connectivity index (χ4n) is 1.26. The summed E-state index contributed by atoms with van der Waals surface area (Å²) in [7, 11) is -3.01. The molecule has 7 nitrogen and oxygen atoms in total. The zero-order chi connectivity index (χ0) is 16.0. The van der Waals surface area contributed by atoms with Gasteiger partial charge in [-0.2, -0.15) is 8.42 Å². The Morgan fingerprint density at radius 2 is 1.81 bits per heavy atom. The Labute approximate surface area is 126 Å².